The summed E-state index contributed by atoms with van der Waals surface area (Å²) >= 11 is 5.76. The van der Waals surface area contributed by atoms with Crippen LogP contribution >= 0.6 is 11.6 Å². The minimum absolute atomic E-state index is 0.190. The van der Waals surface area contributed by atoms with Gasteiger partial charge in [-0.15, -0.1) is 11.6 Å². The summed E-state index contributed by atoms with van der Waals surface area (Å²) in [6.45, 7) is 3.61. The van der Waals surface area contributed by atoms with E-state index >= 15 is 0 Å². The van der Waals surface area contributed by atoms with E-state index in [4.69, 9.17) is 11.6 Å². The molecule has 1 nitrogen and oxygen atoms in total. The maximum absolute atomic E-state index is 10.9. The number of Topliss-reactive ketones (excluding diaryl/α,β-unsaturated/α-hetero) is 1. The first-order valence-corrected chi connectivity index (χ1v) is 4.81. The largest absolute Gasteiger partial charge is 0.300 e. The molecule has 0 bridgehead atoms. The van der Waals surface area contributed by atoms with E-state index in [0.717, 1.165) is 16.7 Å². The zero-order valence-corrected chi connectivity index (χ0v) is 8.69. The number of ketones is 1. The first kappa shape index (κ1) is 10.3. The zero-order valence-electron chi connectivity index (χ0n) is 7.93. The summed E-state index contributed by atoms with van der Waals surface area (Å²) in [6.07, 6.45) is 0.510. The summed E-state index contributed by atoms with van der Waals surface area (Å²) in [5, 5.41) is 0. The molecular formula is C11H13ClO. The Kier molecular flexibility index (Phi) is 3.49. The van der Waals surface area contributed by atoms with E-state index in [1.165, 1.54) is 0 Å². The minimum Gasteiger partial charge on any atom is -0.300 e. The second kappa shape index (κ2) is 4.43. The summed E-state index contributed by atoms with van der Waals surface area (Å²) in [5.74, 6) is 0.701. The number of rotatable bonds is 3. The van der Waals surface area contributed by atoms with Crippen LogP contribution in [0.5, 0.6) is 0 Å². The second-order valence-electron chi connectivity index (χ2n) is 3.21. The Hall–Kier alpha value is -0.820. The molecule has 1 aromatic carbocycles. The fraction of sp³-hybridized carbons (Fsp3) is 0.364. The molecule has 0 aliphatic carbocycles. The van der Waals surface area contributed by atoms with Gasteiger partial charge in [-0.2, -0.15) is 0 Å². The average Bonchev–Trinajstić information content (AvgIpc) is 2.08. The third-order valence-electron chi connectivity index (χ3n) is 2.14. The van der Waals surface area contributed by atoms with Crippen LogP contribution in [0.2, 0.25) is 0 Å². The fourth-order valence-corrected chi connectivity index (χ4v) is 1.63. The molecule has 0 fully saturated rings. The van der Waals surface area contributed by atoms with Crippen LogP contribution in [0.1, 0.15) is 23.6 Å². The van der Waals surface area contributed by atoms with Gasteiger partial charge in [-0.3, -0.25) is 4.79 Å². The summed E-state index contributed by atoms with van der Waals surface area (Å²) in [6, 6.07) is 5.92. The summed E-state index contributed by atoms with van der Waals surface area (Å²) in [4.78, 5) is 10.9. The van der Waals surface area contributed by atoms with E-state index in [2.05, 4.69) is 0 Å². The SMILES string of the molecule is CC(=O)Cc1cccc(CCl)c1C. The van der Waals surface area contributed by atoms with E-state index in [1.807, 2.05) is 25.1 Å². The lowest BCUT2D eigenvalue weighted by Crippen LogP contribution is -2.00. The lowest BCUT2D eigenvalue weighted by atomic mass is 10.00. The van der Waals surface area contributed by atoms with Crippen LogP contribution in [0.15, 0.2) is 18.2 Å². The van der Waals surface area contributed by atoms with Gasteiger partial charge in [-0.05, 0) is 30.5 Å². The maximum atomic E-state index is 10.9. The van der Waals surface area contributed by atoms with E-state index < -0.39 is 0 Å². The Bertz CT molecular complexity index is 318. The van der Waals surface area contributed by atoms with Crippen molar-refractivity contribution in [2.75, 3.05) is 0 Å². The summed E-state index contributed by atoms with van der Waals surface area (Å²) in [5.41, 5.74) is 3.35. The normalized spacial score (nSPS) is 10.1. The van der Waals surface area contributed by atoms with Gasteiger partial charge in [-0.25, -0.2) is 0 Å². The standard InChI is InChI=1S/C11H13ClO/c1-8(13)6-10-4-3-5-11(7-12)9(10)2/h3-5H,6-7H2,1-2H3. The first-order valence-electron chi connectivity index (χ1n) is 4.28. The lowest BCUT2D eigenvalue weighted by Gasteiger charge is -2.07. The molecule has 0 N–H and O–H groups in total. The van der Waals surface area contributed by atoms with Gasteiger partial charge in [0, 0.05) is 12.3 Å². The van der Waals surface area contributed by atoms with Crippen LogP contribution in [0.3, 0.4) is 0 Å². The molecule has 0 saturated carbocycles. The molecule has 0 radical (unpaired) electrons. The Morgan fingerprint density at radius 1 is 1.38 bits per heavy atom. The predicted octanol–water partition coefficient (Wildman–Crippen LogP) is 2.87. The molecule has 70 valence electrons. The molecule has 13 heavy (non-hydrogen) atoms. The quantitative estimate of drug-likeness (QED) is 0.680. The molecule has 0 saturated heterocycles. The van der Waals surface area contributed by atoms with Crippen molar-refractivity contribution in [2.24, 2.45) is 0 Å². The minimum atomic E-state index is 0.190. The number of benzene rings is 1. The molecule has 0 heterocycles. The molecule has 1 aromatic rings. The topological polar surface area (TPSA) is 17.1 Å². The molecule has 0 aromatic heterocycles. The lowest BCUT2D eigenvalue weighted by molar-refractivity contribution is -0.116. The van der Waals surface area contributed by atoms with Crippen molar-refractivity contribution < 1.29 is 4.79 Å². The van der Waals surface area contributed by atoms with Gasteiger partial charge in [0.2, 0.25) is 0 Å². The first-order chi connectivity index (χ1) is 6.15. The van der Waals surface area contributed by atoms with Gasteiger partial charge in [0.25, 0.3) is 0 Å². The predicted molar refractivity (Wildman–Crippen MR) is 55.1 cm³/mol. The van der Waals surface area contributed by atoms with Crippen molar-refractivity contribution in [3.8, 4) is 0 Å². The molecule has 0 spiro atoms. The second-order valence-corrected chi connectivity index (χ2v) is 3.48. The zero-order chi connectivity index (χ0) is 9.84. The van der Waals surface area contributed by atoms with Gasteiger partial charge in [0.05, 0.1) is 0 Å². The van der Waals surface area contributed by atoms with Crippen molar-refractivity contribution in [2.45, 2.75) is 26.1 Å². The van der Waals surface area contributed by atoms with Crippen LogP contribution < -0.4 is 0 Å². The number of carbonyl (C=O) groups excluding carboxylic acids is 1. The molecule has 0 amide bonds. The fourth-order valence-electron chi connectivity index (χ4n) is 1.34. The highest BCUT2D eigenvalue weighted by molar-refractivity contribution is 6.17. The van der Waals surface area contributed by atoms with Crippen molar-refractivity contribution in [3.63, 3.8) is 0 Å². The van der Waals surface area contributed by atoms with E-state index in [0.29, 0.717) is 12.3 Å². The Balaban J connectivity index is 3.01. The van der Waals surface area contributed by atoms with Gasteiger partial charge in [0.1, 0.15) is 5.78 Å². The molecule has 0 aliphatic heterocycles. The third-order valence-corrected chi connectivity index (χ3v) is 2.43. The highest BCUT2D eigenvalue weighted by Crippen LogP contribution is 2.16. The Morgan fingerprint density at radius 3 is 2.54 bits per heavy atom. The Labute approximate surface area is 83.7 Å². The maximum Gasteiger partial charge on any atom is 0.134 e. The summed E-state index contributed by atoms with van der Waals surface area (Å²) < 4.78 is 0. The van der Waals surface area contributed by atoms with Crippen LogP contribution in [-0.4, -0.2) is 5.78 Å². The number of carbonyl (C=O) groups is 1. The van der Waals surface area contributed by atoms with Crippen molar-refractivity contribution >= 4 is 17.4 Å². The van der Waals surface area contributed by atoms with Crippen LogP contribution in [0.4, 0.5) is 0 Å². The highest BCUT2D eigenvalue weighted by atomic mass is 35.5. The molecule has 2 heteroatoms. The summed E-state index contributed by atoms with van der Waals surface area (Å²) in [7, 11) is 0. The van der Waals surface area contributed by atoms with Crippen molar-refractivity contribution in [1.29, 1.82) is 0 Å². The van der Waals surface area contributed by atoms with Gasteiger partial charge >= 0.3 is 0 Å². The average molecular weight is 197 g/mol. The van der Waals surface area contributed by atoms with Gasteiger partial charge in [-0.1, -0.05) is 18.2 Å². The highest BCUT2D eigenvalue weighted by Gasteiger charge is 2.04. The molecule has 1 rings (SSSR count). The smallest absolute Gasteiger partial charge is 0.134 e. The van der Waals surface area contributed by atoms with Gasteiger partial charge < -0.3 is 0 Å². The van der Waals surface area contributed by atoms with Crippen LogP contribution in [-0.2, 0) is 17.1 Å². The number of halogens is 1. The van der Waals surface area contributed by atoms with E-state index in [1.54, 1.807) is 6.92 Å². The number of hydrogen-bond donors (Lipinski definition) is 0. The van der Waals surface area contributed by atoms with Gasteiger partial charge in [0.15, 0.2) is 0 Å². The van der Waals surface area contributed by atoms with Crippen LogP contribution in [0, 0.1) is 6.92 Å². The van der Waals surface area contributed by atoms with Crippen molar-refractivity contribution in [1.82, 2.24) is 0 Å². The van der Waals surface area contributed by atoms with Crippen LogP contribution in [0.25, 0.3) is 0 Å². The third kappa shape index (κ3) is 2.56. The van der Waals surface area contributed by atoms with E-state index in [-0.39, 0.29) is 5.78 Å². The Morgan fingerprint density at radius 2 is 2.00 bits per heavy atom. The monoisotopic (exact) mass is 196 g/mol. The number of hydrogen-bond acceptors (Lipinski definition) is 1. The molecule has 0 aliphatic rings. The van der Waals surface area contributed by atoms with Crippen molar-refractivity contribution in [3.05, 3.63) is 34.9 Å². The molecular weight excluding hydrogens is 184 g/mol. The number of alkyl halides is 1. The molecule has 0 atom stereocenters. The molecule has 0 unspecified atom stereocenters. The van der Waals surface area contributed by atoms with E-state index in [9.17, 15) is 4.79 Å².